The van der Waals surface area contributed by atoms with Gasteiger partial charge >= 0.3 is 12.1 Å². The molecule has 1 N–H and O–H groups in total. The molecule has 1 aliphatic carbocycles. The van der Waals surface area contributed by atoms with Crippen LogP contribution in [0.15, 0.2) is 24.4 Å². The van der Waals surface area contributed by atoms with Crippen molar-refractivity contribution in [3.05, 3.63) is 35.9 Å². The van der Waals surface area contributed by atoms with Crippen molar-refractivity contribution in [1.29, 1.82) is 0 Å². The molecule has 1 aliphatic heterocycles. The Morgan fingerprint density at radius 3 is 2.55 bits per heavy atom. The van der Waals surface area contributed by atoms with E-state index in [1.807, 2.05) is 0 Å². The lowest BCUT2D eigenvalue weighted by Crippen LogP contribution is -2.38. The third-order valence-corrected chi connectivity index (χ3v) is 4.71. The summed E-state index contributed by atoms with van der Waals surface area (Å²) in [5.74, 6) is -1.65. The van der Waals surface area contributed by atoms with Gasteiger partial charge in [0.25, 0.3) is 0 Å². The Labute approximate surface area is 165 Å². The first-order valence-electron chi connectivity index (χ1n) is 9.22. The standard InChI is InChI=1S/C19H23F4N3O3/c1-17(2,3)29-16(27)12-4-5-13(24-15(12)20)26-10-6-14(25-26)28-11-9-18(7-8-18)19(21,22)23/h4-6,10,14,25H,7-9,11H2,1-3H3. The number of esters is 1. The fourth-order valence-corrected chi connectivity index (χ4v) is 2.87. The summed E-state index contributed by atoms with van der Waals surface area (Å²) in [6.07, 6.45) is -1.60. The van der Waals surface area contributed by atoms with Crippen molar-refractivity contribution in [2.45, 2.75) is 58.0 Å². The monoisotopic (exact) mass is 417 g/mol. The topological polar surface area (TPSA) is 63.7 Å². The van der Waals surface area contributed by atoms with Crippen molar-refractivity contribution in [2.24, 2.45) is 5.41 Å². The molecule has 2 aliphatic rings. The van der Waals surface area contributed by atoms with Crippen LogP contribution in [0.2, 0.25) is 0 Å². The molecule has 1 aromatic rings. The zero-order valence-electron chi connectivity index (χ0n) is 16.3. The third-order valence-electron chi connectivity index (χ3n) is 4.71. The van der Waals surface area contributed by atoms with E-state index in [9.17, 15) is 22.4 Å². The molecule has 0 amide bonds. The van der Waals surface area contributed by atoms with E-state index in [1.165, 1.54) is 23.3 Å². The van der Waals surface area contributed by atoms with Crippen LogP contribution in [0.5, 0.6) is 0 Å². The average molecular weight is 417 g/mol. The van der Waals surface area contributed by atoms with E-state index in [-0.39, 0.29) is 37.3 Å². The predicted molar refractivity (Wildman–Crippen MR) is 96.2 cm³/mol. The number of nitrogens with one attached hydrogen (secondary N) is 1. The smallest absolute Gasteiger partial charge is 0.394 e. The van der Waals surface area contributed by atoms with Gasteiger partial charge in [-0.25, -0.2) is 4.79 Å². The summed E-state index contributed by atoms with van der Waals surface area (Å²) >= 11 is 0. The van der Waals surface area contributed by atoms with Crippen LogP contribution in [-0.4, -0.2) is 35.6 Å². The van der Waals surface area contributed by atoms with Crippen molar-refractivity contribution in [2.75, 3.05) is 11.6 Å². The van der Waals surface area contributed by atoms with Crippen molar-refractivity contribution in [1.82, 2.24) is 10.4 Å². The summed E-state index contributed by atoms with van der Waals surface area (Å²) < 4.78 is 63.6. The molecule has 2 heterocycles. The summed E-state index contributed by atoms with van der Waals surface area (Å²) in [7, 11) is 0. The lowest BCUT2D eigenvalue weighted by Gasteiger charge is -2.22. The van der Waals surface area contributed by atoms with Gasteiger partial charge in [-0.1, -0.05) is 0 Å². The van der Waals surface area contributed by atoms with Crippen LogP contribution in [0, 0.1) is 11.4 Å². The van der Waals surface area contributed by atoms with Gasteiger partial charge in [0.15, 0.2) is 0 Å². The fourth-order valence-electron chi connectivity index (χ4n) is 2.87. The number of aromatic nitrogens is 1. The SMILES string of the molecule is CC(C)(C)OC(=O)c1ccc(N2C=CC(OCCC3(C(F)(F)F)CC3)N2)nc1F. The molecule has 0 aromatic carbocycles. The highest BCUT2D eigenvalue weighted by Gasteiger charge is 2.62. The number of hydrogen-bond acceptors (Lipinski definition) is 6. The minimum Gasteiger partial charge on any atom is -0.456 e. The van der Waals surface area contributed by atoms with Gasteiger partial charge in [-0.05, 0) is 58.2 Å². The number of anilines is 1. The number of carbonyl (C=O) groups is 1. The van der Waals surface area contributed by atoms with E-state index in [4.69, 9.17) is 9.47 Å². The molecule has 0 radical (unpaired) electrons. The number of rotatable bonds is 6. The van der Waals surface area contributed by atoms with Crippen molar-refractivity contribution in [3.63, 3.8) is 0 Å². The summed E-state index contributed by atoms with van der Waals surface area (Å²) in [5.41, 5.74) is 0.169. The van der Waals surface area contributed by atoms with Crippen LogP contribution < -0.4 is 10.4 Å². The van der Waals surface area contributed by atoms with Crippen molar-refractivity contribution < 1.29 is 31.8 Å². The average Bonchev–Trinajstić information content (AvgIpc) is 3.23. The lowest BCUT2D eigenvalue weighted by molar-refractivity contribution is -0.192. The van der Waals surface area contributed by atoms with E-state index < -0.39 is 35.3 Å². The van der Waals surface area contributed by atoms with Crippen LogP contribution in [0.25, 0.3) is 0 Å². The molecule has 1 aromatic heterocycles. The molecule has 1 unspecified atom stereocenters. The maximum atomic E-state index is 14.3. The molecular formula is C19H23F4N3O3. The second kappa shape index (κ2) is 7.56. The van der Waals surface area contributed by atoms with Crippen LogP contribution in [0.4, 0.5) is 23.4 Å². The van der Waals surface area contributed by atoms with Gasteiger partial charge in [0.05, 0.1) is 5.41 Å². The Kier molecular flexibility index (Phi) is 5.61. The van der Waals surface area contributed by atoms with Crippen molar-refractivity contribution >= 4 is 11.8 Å². The lowest BCUT2D eigenvalue weighted by atomic mass is 10.0. The highest BCUT2D eigenvalue weighted by Crippen LogP contribution is 2.59. The molecule has 0 spiro atoms. The molecule has 0 bridgehead atoms. The largest absolute Gasteiger partial charge is 0.456 e. The third kappa shape index (κ3) is 5.05. The second-order valence-electron chi connectivity index (χ2n) is 8.17. The van der Waals surface area contributed by atoms with Gasteiger partial charge in [0.2, 0.25) is 5.95 Å². The summed E-state index contributed by atoms with van der Waals surface area (Å²) in [5, 5.41) is 1.36. The number of alkyl halides is 3. The maximum absolute atomic E-state index is 14.3. The molecule has 3 rings (SSSR count). The summed E-state index contributed by atoms with van der Waals surface area (Å²) in [6.45, 7) is 4.95. The molecule has 10 heteroatoms. The number of hydrazine groups is 1. The predicted octanol–water partition coefficient (Wildman–Crippen LogP) is 4.09. The quantitative estimate of drug-likeness (QED) is 0.427. The highest BCUT2D eigenvalue weighted by atomic mass is 19.4. The zero-order valence-corrected chi connectivity index (χ0v) is 16.3. The first-order chi connectivity index (χ1) is 13.4. The van der Waals surface area contributed by atoms with E-state index in [0.717, 1.165) is 0 Å². The summed E-state index contributed by atoms with van der Waals surface area (Å²) in [4.78, 5) is 15.7. The fraction of sp³-hybridized carbons (Fsp3) is 0.579. The molecule has 1 fully saturated rings. The normalized spacial score (nSPS) is 20.8. The maximum Gasteiger partial charge on any atom is 0.394 e. The Morgan fingerprint density at radius 1 is 1.31 bits per heavy atom. The number of hydrogen-bond donors (Lipinski definition) is 1. The van der Waals surface area contributed by atoms with E-state index in [0.29, 0.717) is 0 Å². The molecule has 160 valence electrons. The number of pyridine rings is 1. The van der Waals surface area contributed by atoms with Gasteiger partial charge in [-0.15, -0.1) is 0 Å². The zero-order chi connectivity index (χ0) is 21.4. The molecule has 1 saturated carbocycles. The number of halogens is 4. The number of carbonyl (C=O) groups excluding carboxylic acids is 1. The second-order valence-corrected chi connectivity index (χ2v) is 8.17. The van der Waals surface area contributed by atoms with Gasteiger partial charge in [-0.2, -0.15) is 28.0 Å². The summed E-state index contributed by atoms with van der Waals surface area (Å²) in [6, 6.07) is 2.68. The molecule has 29 heavy (non-hydrogen) atoms. The van der Waals surface area contributed by atoms with Gasteiger partial charge in [0.1, 0.15) is 23.2 Å². The first kappa shape index (κ1) is 21.5. The van der Waals surface area contributed by atoms with Crippen LogP contribution in [0.1, 0.15) is 50.4 Å². The molecule has 6 nitrogen and oxygen atoms in total. The minimum atomic E-state index is -4.21. The Bertz CT molecular complexity index is 801. The molecule has 1 atom stereocenters. The van der Waals surface area contributed by atoms with Gasteiger partial charge < -0.3 is 9.47 Å². The van der Waals surface area contributed by atoms with E-state index in [2.05, 4.69) is 10.4 Å². The highest BCUT2D eigenvalue weighted by molar-refractivity contribution is 5.89. The van der Waals surface area contributed by atoms with Gasteiger partial charge in [-0.3, -0.25) is 5.01 Å². The molecule has 0 saturated heterocycles. The van der Waals surface area contributed by atoms with Gasteiger partial charge in [0, 0.05) is 12.8 Å². The minimum absolute atomic E-state index is 0.0608. The first-order valence-corrected chi connectivity index (χ1v) is 9.22. The Morgan fingerprint density at radius 2 is 2.00 bits per heavy atom. The van der Waals surface area contributed by atoms with E-state index in [1.54, 1.807) is 26.8 Å². The number of ether oxygens (including phenoxy) is 2. The van der Waals surface area contributed by atoms with E-state index >= 15 is 0 Å². The van der Waals surface area contributed by atoms with Crippen molar-refractivity contribution in [3.8, 4) is 0 Å². The van der Waals surface area contributed by atoms with Crippen LogP contribution in [-0.2, 0) is 9.47 Å². The Hall–Kier alpha value is -2.20. The Balaban J connectivity index is 1.53. The molecular weight excluding hydrogens is 394 g/mol. The number of nitrogens with zero attached hydrogens (tertiary/aromatic N) is 2. The van der Waals surface area contributed by atoms with Crippen LogP contribution >= 0.6 is 0 Å². The van der Waals surface area contributed by atoms with Crippen LogP contribution in [0.3, 0.4) is 0 Å².